The van der Waals surface area contributed by atoms with E-state index in [0.29, 0.717) is 36.8 Å². The number of alkyl halides is 2. The summed E-state index contributed by atoms with van der Waals surface area (Å²) in [4.78, 5) is 133. The van der Waals surface area contributed by atoms with Crippen LogP contribution >= 0.6 is 68.6 Å². The Bertz CT molecular complexity index is 3110. The minimum Gasteiger partial charge on any atom is -0.466 e. The number of hydrogen-bond acceptors (Lipinski definition) is 27. The van der Waals surface area contributed by atoms with Crippen molar-refractivity contribution in [2.75, 3.05) is 39.5 Å². The summed E-state index contributed by atoms with van der Waals surface area (Å²) in [5.41, 5.74) is -0.127. The molecule has 89 heavy (non-hydrogen) atoms. The van der Waals surface area contributed by atoms with Crippen molar-refractivity contribution in [3.63, 3.8) is 0 Å². The number of phosphoric acid groups is 3. The van der Waals surface area contributed by atoms with E-state index in [1.807, 2.05) is 0 Å². The lowest BCUT2D eigenvalue weighted by atomic mass is 10.2. The molecule has 4 unspecified atom stereocenters. The van der Waals surface area contributed by atoms with Crippen LogP contribution in [0, 0.1) is 0 Å². The first-order valence-electron chi connectivity index (χ1n) is 26.5. The molecule has 0 aliphatic carbocycles. The number of carbonyl (C=O) groups excluding carboxylic acids is 6. The fourth-order valence-electron chi connectivity index (χ4n) is 7.73. The highest BCUT2D eigenvalue weighted by atomic mass is 127. The first-order chi connectivity index (χ1) is 40.6. The van der Waals surface area contributed by atoms with Crippen LogP contribution < -0.4 is 10.6 Å². The van der Waals surface area contributed by atoms with Gasteiger partial charge in [0, 0.05) is 38.5 Å². The molecule has 2 amide bonds. The van der Waals surface area contributed by atoms with Gasteiger partial charge in [-0.05, 0) is 67.2 Å². The van der Waals surface area contributed by atoms with Crippen molar-refractivity contribution < 1.29 is 119 Å². The molecule has 6 rings (SSSR count). The maximum Gasteiger partial charge on any atom is 0.490 e. The van der Waals surface area contributed by atoms with Crippen molar-refractivity contribution in [1.82, 2.24) is 39.0 Å². The number of ether oxygens (including phenoxy) is 6. The number of aliphatic hydroxyl groups excluding tert-OH is 3. The van der Waals surface area contributed by atoms with Crippen LogP contribution in [0.2, 0.25) is 0 Å². The first-order valence-corrected chi connectivity index (χ1v) is 34.1. The van der Waals surface area contributed by atoms with Crippen LogP contribution in [0.15, 0.2) is 25.3 Å². The predicted octanol–water partition coefficient (Wildman–Crippen LogP) is 5.92. The lowest BCUT2D eigenvalue weighted by Crippen LogP contribution is -2.26. The van der Waals surface area contributed by atoms with Crippen molar-refractivity contribution in [3.8, 4) is 0 Å². The highest BCUT2D eigenvalue weighted by Crippen LogP contribution is 2.66. The van der Waals surface area contributed by atoms with E-state index in [2.05, 4.69) is 98.9 Å². The second-order valence-electron chi connectivity index (χ2n) is 20.8. The quantitative estimate of drug-likeness (QED) is 0.00795. The van der Waals surface area contributed by atoms with Crippen molar-refractivity contribution in [2.24, 2.45) is 0 Å². The number of hydrogen-bond donors (Lipinski definition) is 9. The number of halogens is 2. The third kappa shape index (κ3) is 29.4. The number of phosphoric ester groups is 1. The average molecular weight is 1550 g/mol. The summed E-state index contributed by atoms with van der Waals surface area (Å²) in [5.74, 6) is -2.62. The van der Waals surface area contributed by atoms with Crippen LogP contribution in [0.5, 0.6) is 0 Å². The standard InChI is InChI=1S/C23H36N5O17P3.C23H33N5O8.CH2I2.2CH4/c1-23(2,3)43-19(32)6-4-5-9-40-18(31)8-7-16(30)27-21-20-22(25-12-24-21)28(13-26-20)17-10-14(29)15(42-17)11-41-47(36,37)45-48(38,39)44-46(33,34)35;1-23(2,3)36-19(33)6-4-5-9-34-18(32)8-7-16(31)27-21-20-22(25-12-24-21)28(13-26-20)17-10-14(30)15(11-29)35-17;2-1-3;;/h12-15,17,29H,4-11H2,1-3H3,(H,36,37)(H,38,39)(H2,33,34,35)(H,24,25,27,30);12-15,17,29-30H,4-11H2,1-3H3,(H,24,25,27,31);1H2;2*1H4/t2*14?,15-,17-;;;/m11.../s1. The highest BCUT2D eigenvalue weighted by Gasteiger charge is 2.43. The number of imidazole rings is 2. The number of aliphatic hydroxyl groups is 3. The van der Waals surface area contributed by atoms with Gasteiger partial charge in [0.2, 0.25) is 11.8 Å². The number of carbonyl (C=O) groups is 6. The van der Waals surface area contributed by atoms with Crippen LogP contribution in [0.3, 0.4) is 0 Å². The largest absolute Gasteiger partial charge is 0.490 e. The number of aromatic nitrogens is 8. The molecule has 0 radical (unpaired) electrons. The van der Waals surface area contributed by atoms with Gasteiger partial charge in [0.1, 0.15) is 48.5 Å². The van der Waals surface area contributed by atoms with Gasteiger partial charge in [-0.1, -0.05) is 60.0 Å². The number of anilines is 2. The zero-order valence-electron chi connectivity index (χ0n) is 47.9. The molecule has 4 aromatic rings. The maximum absolute atomic E-state index is 12.5. The number of rotatable bonds is 28. The second-order valence-corrected chi connectivity index (χ2v) is 29.6. The fourth-order valence-corrected chi connectivity index (χ4v) is 10.8. The maximum atomic E-state index is 12.5. The summed E-state index contributed by atoms with van der Waals surface area (Å²) >= 11 is 4.55. The van der Waals surface area contributed by atoms with Gasteiger partial charge in [0.15, 0.2) is 34.0 Å². The molecule has 8 atom stereocenters. The van der Waals surface area contributed by atoms with Crippen LogP contribution in [-0.4, -0.2) is 174 Å². The van der Waals surface area contributed by atoms with Gasteiger partial charge in [-0.2, -0.15) is 8.62 Å². The molecule has 4 aromatic heterocycles. The molecule has 35 nitrogen and oxygen atoms in total. The number of esters is 4. The molecule has 2 aliphatic rings. The summed E-state index contributed by atoms with van der Waals surface area (Å²) in [6.45, 7) is 9.73. The monoisotopic (exact) mass is 1550 g/mol. The molecule has 0 saturated carbocycles. The van der Waals surface area contributed by atoms with Crippen molar-refractivity contribution >= 4 is 138 Å². The third-order valence-electron chi connectivity index (χ3n) is 11.3. The summed E-state index contributed by atoms with van der Waals surface area (Å²) < 4.78 is 82.1. The molecule has 2 fully saturated rings. The van der Waals surface area contributed by atoms with E-state index in [1.165, 1.54) is 26.0 Å². The van der Waals surface area contributed by atoms with Gasteiger partial charge in [-0.3, -0.25) is 42.4 Å². The van der Waals surface area contributed by atoms with Gasteiger partial charge in [0.25, 0.3) is 0 Å². The van der Waals surface area contributed by atoms with Gasteiger partial charge in [-0.25, -0.2) is 43.6 Å². The number of unbranched alkanes of at least 4 members (excludes halogenated alkanes) is 2. The first kappa shape index (κ1) is 80.7. The molecular formula is C49H79I2N10O25P3. The summed E-state index contributed by atoms with van der Waals surface area (Å²) in [6, 6.07) is 0. The zero-order valence-corrected chi connectivity index (χ0v) is 54.9. The molecule has 0 bridgehead atoms. The van der Waals surface area contributed by atoms with Gasteiger partial charge >= 0.3 is 47.3 Å². The smallest absolute Gasteiger partial charge is 0.466 e. The van der Waals surface area contributed by atoms with Gasteiger partial charge < -0.3 is 73.9 Å². The Kier molecular flexibility index (Phi) is 33.8. The Morgan fingerprint density at radius 2 is 1.00 bits per heavy atom. The van der Waals surface area contributed by atoms with Crippen LogP contribution in [0.25, 0.3) is 22.3 Å². The topological polar surface area (TPSA) is 490 Å². The molecule has 504 valence electrons. The van der Waals surface area contributed by atoms with E-state index in [1.54, 1.807) is 46.1 Å². The Morgan fingerprint density at radius 3 is 1.38 bits per heavy atom. The Hall–Kier alpha value is -4.41. The van der Waals surface area contributed by atoms with E-state index in [4.69, 9.17) is 38.2 Å². The number of nitrogens with zero attached hydrogens (tertiary/aromatic N) is 8. The normalized spacial score (nSPS) is 19.5. The Balaban J connectivity index is 0.000000588. The highest BCUT2D eigenvalue weighted by molar-refractivity contribution is 14.2. The Morgan fingerprint density at radius 1 is 0.596 bits per heavy atom. The van der Waals surface area contributed by atoms with Crippen molar-refractivity contribution in [3.05, 3.63) is 25.3 Å². The second kappa shape index (κ2) is 37.3. The predicted molar refractivity (Wildman–Crippen MR) is 330 cm³/mol. The van der Waals surface area contributed by atoms with E-state index in [9.17, 15) is 67.6 Å². The summed E-state index contributed by atoms with van der Waals surface area (Å²) in [5, 5.41) is 34.8. The lowest BCUT2D eigenvalue weighted by Gasteiger charge is -2.19. The molecule has 0 aromatic carbocycles. The Labute approximate surface area is 539 Å². The molecule has 40 heteroatoms. The van der Waals surface area contributed by atoms with E-state index in [-0.39, 0.29) is 121 Å². The molecular weight excluding hydrogens is 1480 g/mol. The van der Waals surface area contributed by atoms with Gasteiger partial charge in [-0.15, -0.1) is 0 Å². The molecule has 2 saturated heterocycles. The SMILES string of the molecule is C.C.CC(C)(C)OC(=O)CCCCOC(=O)CCC(=O)Nc1ncnc2c1ncn2[C@H]1CC(O)[C@@H](CO)O1.CC(C)(C)OC(=O)CCCCOC(=O)CCC(=O)Nc1ncnc2c1ncn2[C@H]1CC(O)[C@@H](COP(=O)(O)OP(=O)(O)OP(=O)(O)O)O1.ICI. The van der Waals surface area contributed by atoms with Crippen LogP contribution in [0.4, 0.5) is 11.6 Å². The van der Waals surface area contributed by atoms with Crippen molar-refractivity contribution in [2.45, 2.75) is 182 Å². The molecule has 6 heterocycles. The van der Waals surface area contributed by atoms with Crippen LogP contribution in [-0.2, 0) is 84.0 Å². The summed E-state index contributed by atoms with van der Waals surface area (Å²) in [6.07, 6.45) is 1.25. The minimum absolute atomic E-state index is 0. The number of nitrogens with one attached hydrogen (secondary N) is 2. The molecule has 2 aliphatic heterocycles. The average Bonchev–Trinajstić information content (AvgIpc) is 1.95. The van der Waals surface area contributed by atoms with E-state index < -0.39 is 102 Å². The fraction of sp³-hybridized carbons (Fsp3) is 0.673. The van der Waals surface area contributed by atoms with Crippen molar-refractivity contribution in [1.29, 1.82) is 0 Å². The third-order valence-corrected chi connectivity index (χ3v) is 15.1. The van der Waals surface area contributed by atoms with Gasteiger partial charge in [0.05, 0.1) is 66.6 Å². The van der Waals surface area contributed by atoms with Crippen LogP contribution in [0.1, 0.15) is 146 Å². The van der Waals surface area contributed by atoms with E-state index >= 15 is 0 Å². The molecule has 9 N–H and O–H groups in total. The molecule has 0 spiro atoms. The van der Waals surface area contributed by atoms with E-state index in [0.717, 1.165) is 6.33 Å². The number of fused-ring (bicyclic) bond motifs is 2. The number of amides is 2. The zero-order chi connectivity index (χ0) is 64.9. The minimum atomic E-state index is -5.73. The summed E-state index contributed by atoms with van der Waals surface area (Å²) in [7, 11) is -16.7. The lowest BCUT2D eigenvalue weighted by molar-refractivity contribution is -0.156.